The van der Waals surface area contributed by atoms with Gasteiger partial charge in [0.2, 0.25) is 0 Å². The van der Waals surface area contributed by atoms with Gasteiger partial charge in [0.25, 0.3) is 0 Å². The van der Waals surface area contributed by atoms with Crippen molar-refractivity contribution >= 4 is 5.69 Å². The van der Waals surface area contributed by atoms with Crippen LogP contribution >= 0.6 is 0 Å². The normalized spacial score (nSPS) is 12.7. The minimum absolute atomic E-state index is 0.185. The summed E-state index contributed by atoms with van der Waals surface area (Å²) in [7, 11) is 1.52. The van der Waals surface area contributed by atoms with Crippen LogP contribution in [-0.2, 0) is 11.3 Å². The number of benzene rings is 2. The standard InChI is InChI=1S/C24H32F2N2O2/c1-16-11-19(8-9-21(16)25)14-27-10-6-5-7-22(23(15-29)30-4)28-20-12-17(2)24(26)18(3)13-20/h8-9,11-13,15,22,27-29H,5-7,10,14H2,1-4H3/b23-15-/t22-/m1/s1. The van der Waals surface area contributed by atoms with Gasteiger partial charge in [-0.3, -0.25) is 0 Å². The van der Waals surface area contributed by atoms with Crippen molar-refractivity contribution in [3.05, 3.63) is 76.2 Å². The molecule has 0 aliphatic rings. The van der Waals surface area contributed by atoms with Gasteiger partial charge in [0.15, 0.2) is 5.76 Å². The van der Waals surface area contributed by atoms with E-state index in [1.54, 1.807) is 39.0 Å². The molecule has 2 aromatic carbocycles. The maximum Gasteiger partial charge on any atom is 0.152 e. The fourth-order valence-electron chi connectivity index (χ4n) is 3.45. The van der Waals surface area contributed by atoms with Gasteiger partial charge in [-0.05, 0) is 87.0 Å². The summed E-state index contributed by atoms with van der Waals surface area (Å²) in [4.78, 5) is 0. The molecule has 1 atom stereocenters. The summed E-state index contributed by atoms with van der Waals surface area (Å²) in [6.07, 6.45) is 3.54. The second-order valence-corrected chi connectivity index (χ2v) is 7.61. The Kier molecular flexibility index (Phi) is 9.12. The van der Waals surface area contributed by atoms with Gasteiger partial charge >= 0.3 is 0 Å². The molecule has 0 heterocycles. The summed E-state index contributed by atoms with van der Waals surface area (Å²) in [6, 6.07) is 8.43. The highest BCUT2D eigenvalue weighted by molar-refractivity contribution is 5.50. The van der Waals surface area contributed by atoms with Crippen molar-refractivity contribution < 1.29 is 18.6 Å². The lowest BCUT2D eigenvalue weighted by atomic mass is 10.1. The van der Waals surface area contributed by atoms with Crippen molar-refractivity contribution in [1.82, 2.24) is 5.32 Å². The molecular formula is C24H32F2N2O2. The lowest BCUT2D eigenvalue weighted by molar-refractivity contribution is 0.245. The first kappa shape index (κ1) is 23.7. The van der Waals surface area contributed by atoms with Crippen molar-refractivity contribution in [2.75, 3.05) is 19.0 Å². The van der Waals surface area contributed by atoms with Crippen molar-refractivity contribution in [2.45, 2.75) is 52.6 Å². The monoisotopic (exact) mass is 418 g/mol. The largest absolute Gasteiger partial charge is 0.512 e. The van der Waals surface area contributed by atoms with Gasteiger partial charge in [0, 0.05) is 12.2 Å². The Morgan fingerprint density at radius 3 is 2.37 bits per heavy atom. The molecule has 0 unspecified atom stereocenters. The topological polar surface area (TPSA) is 53.5 Å². The van der Waals surface area contributed by atoms with E-state index in [-0.39, 0.29) is 17.7 Å². The number of hydrogen-bond acceptors (Lipinski definition) is 4. The zero-order valence-corrected chi connectivity index (χ0v) is 18.2. The van der Waals surface area contributed by atoms with Crippen LogP contribution in [0.3, 0.4) is 0 Å². The molecule has 0 radical (unpaired) electrons. The number of methoxy groups -OCH3 is 1. The van der Waals surface area contributed by atoms with Gasteiger partial charge in [-0.15, -0.1) is 0 Å². The van der Waals surface area contributed by atoms with Crippen LogP contribution in [0.1, 0.15) is 41.5 Å². The highest BCUT2D eigenvalue weighted by atomic mass is 19.1. The summed E-state index contributed by atoms with van der Waals surface area (Å²) in [5, 5.41) is 16.2. The van der Waals surface area contributed by atoms with Crippen LogP contribution in [0.4, 0.5) is 14.5 Å². The van der Waals surface area contributed by atoms with E-state index in [0.717, 1.165) is 43.3 Å². The van der Waals surface area contributed by atoms with Gasteiger partial charge in [-0.25, -0.2) is 8.78 Å². The van der Waals surface area contributed by atoms with E-state index in [9.17, 15) is 13.9 Å². The zero-order chi connectivity index (χ0) is 22.1. The van der Waals surface area contributed by atoms with Crippen molar-refractivity contribution in [3.63, 3.8) is 0 Å². The highest BCUT2D eigenvalue weighted by Crippen LogP contribution is 2.22. The fraction of sp³-hybridized carbons (Fsp3) is 0.417. The SMILES string of the molecule is CO/C(=C\O)[C@@H](CCCCNCc1ccc(F)c(C)c1)Nc1cc(C)c(F)c(C)c1. The lowest BCUT2D eigenvalue weighted by Gasteiger charge is -2.22. The highest BCUT2D eigenvalue weighted by Gasteiger charge is 2.16. The number of aliphatic hydroxyl groups is 1. The van der Waals surface area contributed by atoms with Crippen molar-refractivity contribution in [3.8, 4) is 0 Å². The molecule has 0 aliphatic carbocycles. The maximum absolute atomic E-state index is 13.9. The first-order chi connectivity index (χ1) is 14.3. The molecule has 0 bridgehead atoms. The van der Waals surface area contributed by atoms with Gasteiger partial charge in [0.1, 0.15) is 17.9 Å². The summed E-state index contributed by atoms with van der Waals surface area (Å²) >= 11 is 0. The maximum atomic E-state index is 13.9. The van der Waals surface area contributed by atoms with Gasteiger partial charge in [-0.2, -0.15) is 0 Å². The number of halogens is 2. The average molecular weight is 419 g/mol. The van der Waals surface area contributed by atoms with Gasteiger partial charge in [-0.1, -0.05) is 12.1 Å². The van der Waals surface area contributed by atoms with Crippen LogP contribution in [-0.4, -0.2) is 24.8 Å². The molecule has 0 fully saturated rings. The second kappa shape index (κ2) is 11.6. The van der Waals surface area contributed by atoms with Crippen molar-refractivity contribution in [2.24, 2.45) is 0 Å². The van der Waals surface area contributed by atoms with Gasteiger partial charge in [0.05, 0.1) is 13.2 Å². The molecule has 0 aromatic heterocycles. The number of unbranched alkanes of at least 4 members (excludes halogenated alkanes) is 1. The number of anilines is 1. The Hall–Kier alpha value is -2.60. The van der Waals surface area contributed by atoms with Crippen LogP contribution in [0.15, 0.2) is 42.4 Å². The van der Waals surface area contributed by atoms with Crippen LogP contribution in [0, 0.1) is 32.4 Å². The zero-order valence-electron chi connectivity index (χ0n) is 18.2. The van der Waals surface area contributed by atoms with E-state index >= 15 is 0 Å². The van der Waals surface area contributed by atoms with Crippen LogP contribution < -0.4 is 10.6 Å². The molecule has 6 heteroatoms. The molecule has 4 nitrogen and oxygen atoms in total. The molecule has 3 N–H and O–H groups in total. The molecule has 164 valence electrons. The number of nitrogens with one attached hydrogen (secondary N) is 2. The quantitative estimate of drug-likeness (QED) is 0.325. The van der Waals surface area contributed by atoms with E-state index in [4.69, 9.17) is 4.74 Å². The van der Waals surface area contributed by atoms with E-state index in [1.165, 1.54) is 13.2 Å². The van der Waals surface area contributed by atoms with E-state index in [0.29, 0.717) is 29.0 Å². The minimum atomic E-state index is -0.219. The Morgan fingerprint density at radius 2 is 1.77 bits per heavy atom. The van der Waals surface area contributed by atoms with E-state index in [1.807, 2.05) is 6.07 Å². The summed E-state index contributed by atoms with van der Waals surface area (Å²) < 4.78 is 32.5. The molecule has 30 heavy (non-hydrogen) atoms. The number of rotatable bonds is 11. The number of aliphatic hydroxyl groups excluding tert-OH is 1. The number of aryl methyl sites for hydroxylation is 3. The number of ether oxygens (including phenoxy) is 1. The Bertz CT molecular complexity index is 845. The second-order valence-electron chi connectivity index (χ2n) is 7.61. The Balaban J connectivity index is 1.85. The predicted molar refractivity (Wildman–Crippen MR) is 118 cm³/mol. The molecule has 2 aromatic rings. The lowest BCUT2D eigenvalue weighted by Crippen LogP contribution is -2.24. The smallest absolute Gasteiger partial charge is 0.152 e. The first-order valence-electron chi connectivity index (χ1n) is 10.2. The van der Waals surface area contributed by atoms with Gasteiger partial charge < -0.3 is 20.5 Å². The minimum Gasteiger partial charge on any atom is -0.512 e. The van der Waals surface area contributed by atoms with Crippen LogP contribution in [0.2, 0.25) is 0 Å². The third-order valence-corrected chi connectivity index (χ3v) is 5.13. The van der Waals surface area contributed by atoms with Crippen molar-refractivity contribution in [1.29, 1.82) is 0 Å². The number of hydrogen-bond donors (Lipinski definition) is 3. The average Bonchev–Trinajstić information content (AvgIpc) is 2.71. The molecule has 0 saturated heterocycles. The molecule has 0 aliphatic heterocycles. The van der Waals surface area contributed by atoms with Crippen LogP contribution in [0.25, 0.3) is 0 Å². The molecule has 0 saturated carbocycles. The first-order valence-corrected chi connectivity index (χ1v) is 10.2. The molecule has 0 amide bonds. The van der Waals surface area contributed by atoms with E-state index in [2.05, 4.69) is 10.6 Å². The summed E-state index contributed by atoms with van der Waals surface area (Å²) in [5.41, 5.74) is 3.64. The molecule has 0 spiro atoms. The summed E-state index contributed by atoms with van der Waals surface area (Å²) in [6.45, 7) is 6.74. The van der Waals surface area contributed by atoms with Crippen LogP contribution in [0.5, 0.6) is 0 Å². The van der Waals surface area contributed by atoms with E-state index < -0.39 is 0 Å². The Morgan fingerprint density at radius 1 is 1.07 bits per heavy atom. The third kappa shape index (κ3) is 6.73. The Labute approximate surface area is 178 Å². The molecular weight excluding hydrogens is 386 g/mol. The molecule has 2 rings (SSSR count). The predicted octanol–water partition coefficient (Wildman–Crippen LogP) is 5.68. The summed E-state index contributed by atoms with van der Waals surface area (Å²) in [5.74, 6) is 0.0447. The fourth-order valence-corrected chi connectivity index (χ4v) is 3.45. The third-order valence-electron chi connectivity index (χ3n) is 5.13.